The lowest BCUT2D eigenvalue weighted by atomic mass is 9.81. The summed E-state index contributed by atoms with van der Waals surface area (Å²) in [6.07, 6.45) is -18.4. The zero-order valence-corrected chi connectivity index (χ0v) is 48.9. The summed E-state index contributed by atoms with van der Waals surface area (Å²) in [6, 6.07) is 0. The first-order valence-electron chi connectivity index (χ1n) is 30.0. The Labute approximate surface area is 467 Å². The van der Waals surface area contributed by atoms with Crippen molar-refractivity contribution in [1.82, 2.24) is 0 Å². The van der Waals surface area contributed by atoms with Gasteiger partial charge in [-0.3, -0.25) is 0 Å². The molecule has 22 heteroatoms. The van der Waals surface area contributed by atoms with Crippen molar-refractivity contribution < 1.29 is 106 Å². The molecule has 0 aromatic heterocycles. The molecule has 0 aliphatic carbocycles. The summed E-state index contributed by atoms with van der Waals surface area (Å²) in [5.41, 5.74) is 0. The van der Waals surface area contributed by atoms with Gasteiger partial charge in [0, 0.05) is 29.6 Å². The zero-order valence-electron chi connectivity index (χ0n) is 48.9. The molecule has 0 radical (unpaired) electrons. The molecule has 22 nitrogen and oxygen atoms in total. The zero-order chi connectivity index (χ0) is 57.0. The molecule has 79 heavy (non-hydrogen) atoms. The van der Waals surface area contributed by atoms with Crippen LogP contribution < -0.4 is 0 Å². The van der Waals surface area contributed by atoms with Crippen LogP contribution in [0.25, 0.3) is 0 Å². The van der Waals surface area contributed by atoms with Crippen molar-refractivity contribution >= 4 is 0 Å². The molecule has 9 saturated heterocycles. The van der Waals surface area contributed by atoms with E-state index in [1.165, 1.54) is 0 Å². The van der Waals surface area contributed by atoms with Crippen LogP contribution in [0, 0.1) is 59.2 Å². The fourth-order valence-electron chi connectivity index (χ4n) is 13.7. The van der Waals surface area contributed by atoms with E-state index < -0.39 is 124 Å². The Morgan fingerprint density at radius 2 is 0.684 bits per heavy atom. The van der Waals surface area contributed by atoms with Gasteiger partial charge in [0.15, 0.2) is 50.3 Å². The minimum absolute atomic E-state index is 0.0131. The summed E-state index contributed by atoms with van der Waals surface area (Å²) in [4.78, 5) is 0. The maximum Gasteiger partial charge on any atom is 0.187 e. The topological polar surface area (TPSA) is 269 Å². The summed E-state index contributed by atoms with van der Waals surface area (Å²) < 4.78 is 102. The maximum absolute atomic E-state index is 11.4. The third-order valence-corrected chi connectivity index (χ3v) is 20.1. The third-order valence-electron chi connectivity index (χ3n) is 20.1. The maximum atomic E-state index is 11.4. The molecule has 6 N–H and O–H groups in total. The SMILES string of the molecule is CCC1O[C@@H](O[C@@H]2C(CC)O[C@@H](O[C@@H]3C(CC)O[C@@H](O[C@H]4C(C)C(C)[C@@H]5OC[C@@H]4O5)C(C)[C@H]3C)C(C)[C@H]2C)C(C)C(C)[C@@H]1O[C@H]1OC(CO)[C@@H](O[C@@H]2OC(CO)[C@@H](O[C@@H]3OC4COC(C)O[C@H]4[C@H](O)C3O)[C@H](O)C2O)C(C)C1C. The van der Waals surface area contributed by atoms with E-state index in [-0.39, 0.29) is 115 Å². The first-order chi connectivity index (χ1) is 37.6. The predicted molar refractivity (Wildman–Crippen MR) is 277 cm³/mol. The molecule has 2 bridgehead atoms. The Morgan fingerprint density at radius 1 is 0.329 bits per heavy atom. The Balaban J connectivity index is 0.786. The van der Waals surface area contributed by atoms with Gasteiger partial charge in [-0.05, 0) is 55.8 Å². The van der Waals surface area contributed by atoms with Crippen LogP contribution in [-0.2, 0) is 75.8 Å². The van der Waals surface area contributed by atoms with Gasteiger partial charge in [0.25, 0.3) is 0 Å². The second-order valence-electron chi connectivity index (χ2n) is 24.9. The molecule has 0 amide bonds. The van der Waals surface area contributed by atoms with Gasteiger partial charge < -0.3 is 106 Å². The molecule has 17 unspecified atom stereocenters. The van der Waals surface area contributed by atoms with Crippen LogP contribution in [-0.4, -0.2) is 217 Å². The summed E-state index contributed by atoms with van der Waals surface area (Å²) >= 11 is 0. The second kappa shape index (κ2) is 26.4. The van der Waals surface area contributed by atoms with Gasteiger partial charge in [0.05, 0.1) is 75.3 Å². The quantitative estimate of drug-likeness (QED) is 0.122. The lowest BCUT2D eigenvalue weighted by molar-refractivity contribution is -0.391. The van der Waals surface area contributed by atoms with Gasteiger partial charge in [0.2, 0.25) is 0 Å². The lowest BCUT2D eigenvalue weighted by Crippen LogP contribution is -2.66. The van der Waals surface area contributed by atoms with Crippen molar-refractivity contribution in [3.05, 3.63) is 0 Å². The number of aliphatic hydroxyl groups is 6. The highest BCUT2D eigenvalue weighted by Crippen LogP contribution is 2.46. The van der Waals surface area contributed by atoms with E-state index in [1.807, 2.05) is 13.8 Å². The van der Waals surface area contributed by atoms with E-state index in [0.717, 1.165) is 6.42 Å². The molecule has 9 aliphatic heterocycles. The smallest absolute Gasteiger partial charge is 0.187 e. The molecule has 0 spiro atoms. The second-order valence-corrected chi connectivity index (χ2v) is 24.9. The van der Waals surface area contributed by atoms with Crippen molar-refractivity contribution in [2.45, 2.75) is 276 Å². The number of fused-ring (bicyclic) bond motifs is 3. The first-order valence-corrected chi connectivity index (χ1v) is 30.0. The highest BCUT2D eigenvalue weighted by Gasteiger charge is 2.57. The van der Waals surface area contributed by atoms with Crippen molar-refractivity contribution in [1.29, 1.82) is 0 Å². The number of aliphatic hydroxyl groups excluding tert-OH is 6. The van der Waals surface area contributed by atoms with E-state index in [1.54, 1.807) is 6.92 Å². The van der Waals surface area contributed by atoms with E-state index >= 15 is 0 Å². The Morgan fingerprint density at radius 3 is 1.15 bits per heavy atom. The molecule has 0 aromatic rings. The van der Waals surface area contributed by atoms with Crippen LogP contribution in [0.15, 0.2) is 0 Å². The first kappa shape index (κ1) is 62.6. The summed E-state index contributed by atoms with van der Waals surface area (Å²) in [7, 11) is 0. The molecule has 9 heterocycles. The normalized spacial score (nSPS) is 55.3. The van der Waals surface area contributed by atoms with Crippen LogP contribution in [0.5, 0.6) is 0 Å². The average Bonchev–Trinajstić information content (AvgIpc) is 4.08. The molecule has 458 valence electrons. The van der Waals surface area contributed by atoms with Crippen LogP contribution in [0.4, 0.5) is 0 Å². The largest absolute Gasteiger partial charge is 0.394 e. The highest BCUT2D eigenvalue weighted by molar-refractivity contribution is 4.99. The average molecular weight is 1140 g/mol. The molecule has 36 atom stereocenters. The Hall–Kier alpha value is -0.880. The molecule has 9 fully saturated rings. The van der Waals surface area contributed by atoms with E-state index in [2.05, 4.69) is 76.2 Å². The van der Waals surface area contributed by atoms with Crippen LogP contribution >= 0.6 is 0 Å². The van der Waals surface area contributed by atoms with Gasteiger partial charge >= 0.3 is 0 Å². The molecule has 9 aliphatic rings. The van der Waals surface area contributed by atoms with Gasteiger partial charge in [-0.1, -0.05) is 90.0 Å². The molecule has 0 aromatic carbocycles. The molecule has 9 rings (SSSR count). The third kappa shape index (κ3) is 12.4. The van der Waals surface area contributed by atoms with Crippen LogP contribution in [0.3, 0.4) is 0 Å². The number of ether oxygens (including phenoxy) is 16. The predicted octanol–water partition coefficient (Wildman–Crippen LogP) is 3.18. The van der Waals surface area contributed by atoms with Gasteiger partial charge in [-0.15, -0.1) is 0 Å². The van der Waals surface area contributed by atoms with Crippen molar-refractivity contribution in [3.8, 4) is 0 Å². The number of hydrogen-bond donors (Lipinski definition) is 6. The van der Waals surface area contributed by atoms with Gasteiger partial charge in [-0.25, -0.2) is 0 Å². The van der Waals surface area contributed by atoms with Crippen molar-refractivity contribution in [2.75, 3.05) is 26.4 Å². The number of rotatable bonds is 17. The van der Waals surface area contributed by atoms with Crippen LogP contribution in [0.2, 0.25) is 0 Å². The Kier molecular flexibility index (Phi) is 20.9. The van der Waals surface area contributed by atoms with Crippen LogP contribution in [0.1, 0.15) is 116 Å². The summed E-state index contributed by atoms with van der Waals surface area (Å²) in [5.74, 6) is -0.0825. The standard InChI is InChI=1S/C57H98O22/c1-15-33-44(23(5)28(10)52(67-33)75-45-25(7)30(12)54(69-34(45)16-2)77-48-22(4)27(9)51-65-21-38(48)72-51)74-53-29(11)24(6)46(35(17-3)68-53)76-55-31(13)26(8)47(36(18-58)70-55)78-56-42(62)40(60)49(37(19-59)71-56)79-57-43(63)41(61)50-39(73-57)20-64-32(14)66-50/h22-63H,15-21H2,1-14H3/t22?,23-,24?,25-,26?,27?,28?,29?,30?,31?,32?,33?,34?,35?,36?,37?,38+,39?,40-,41-,42?,43?,44+,45+,46+,47+,48+,49-,50-,51-,52+,53+,54+,55-,56+,57+/m1/s1. The highest BCUT2D eigenvalue weighted by atomic mass is 16.8. The Bertz CT molecular complexity index is 1900. The minimum atomic E-state index is -1.71. The van der Waals surface area contributed by atoms with Crippen molar-refractivity contribution in [2.24, 2.45) is 59.2 Å². The number of hydrogen-bond acceptors (Lipinski definition) is 22. The molecular formula is C57H98O22. The van der Waals surface area contributed by atoms with E-state index in [9.17, 15) is 30.6 Å². The monoisotopic (exact) mass is 1130 g/mol. The minimum Gasteiger partial charge on any atom is -0.394 e. The van der Waals surface area contributed by atoms with E-state index in [0.29, 0.717) is 19.4 Å². The molecule has 0 saturated carbocycles. The van der Waals surface area contributed by atoms with Gasteiger partial charge in [-0.2, -0.15) is 0 Å². The molecular weight excluding hydrogens is 1040 g/mol. The van der Waals surface area contributed by atoms with E-state index in [4.69, 9.17) is 75.8 Å². The van der Waals surface area contributed by atoms with Gasteiger partial charge in [0.1, 0.15) is 61.0 Å². The fraction of sp³-hybridized carbons (Fsp3) is 1.00. The summed E-state index contributed by atoms with van der Waals surface area (Å²) in [6.45, 7) is 28.8. The van der Waals surface area contributed by atoms with Crippen molar-refractivity contribution in [3.63, 3.8) is 0 Å². The summed E-state index contributed by atoms with van der Waals surface area (Å²) in [5, 5.41) is 65.8. The lowest BCUT2D eigenvalue weighted by Gasteiger charge is -2.52. The fourth-order valence-corrected chi connectivity index (χ4v) is 13.7.